The number of hydrogen-bond donors (Lipinski definition) is 2. The Morgan fingerprint density at radius 1 is 1.00 bits per heavy atom. The van der Waals surface area contributed by atoms with Gasteiger partial charge in [-0.15, -0.1) is 0 Å². The number of benzene rings is 2. The Bertz CT molecular complexity index is 797. The molecule has 0 radical (unpaired) electrons. The molecule has 2 N–H and O–H groups in total. The third kappa shape index (κ3) is 4.40. The minimum Gasteiger partial charge on any atom is -0.322 e. The topological polar surface area (TPSA) is 75.3 Å². The average molecular weight is 332 g/mol. The Hall–Kier alpha value is -2.18. The van der Waals surface area contributed by atoms with Gasteiger partial charge >= 0.3 is 0 Å². The number of carbonyl (C=O) groups is 1. The lowest BCUT2D eigenvalue weighted by molar-refractivity contribution is 0.102. The smallest absolute Gasteiger partial charge is 0.255 e. The predicted molar refractivity (Wildman–Crippen MR) is 91.0 cm³/mol. The first kappa shape index (κ1) is 17.2. The van der Waals surface area contributed by atoms with Crippen LogP contribution in [0.25, 0.3) is 0 Å². The molecule has 2 rings (SSSR count). The molecule has 0 spiro atoms. The van der Waals surface area contributed by atoms with Gasteiger partial charge in [0.2, 0.25) is 10.0 Å². The van der Waals surface area contributed by atoms with Gasteiger partial charge in [-0.05, 0) is 56.7 Å². The Morgan fingerprint density at radius 3 is 2.17 bits per heavy atom. The molecule has 5 nitrogen and oxygen atoms in total. The molecule has 0 saturated heterocycles. The number of hydrogen-bond acceptors (Lipinski definition) is 3. The Balaban J connectivity index is 2.16. The van der Waals surface area contributed by atoms with Gasteiger partial charge in [-0.1, -0.05) is 18.2 Å². The quantitative estimate of drug-likeness (QED) is 0.884. The number of aryl methyl sites for hydroxylation is 1. The standard InChI is InChI=1S/C17H20N2O3S/c1-12(2)19-23(21,22)15-10-8-14(9-11-15)17(20)18-16-7-5-4-6-13(16)3/h4-12,19H,1-3H3,(H,18,20). The van der Waals surface area contributed by atoms with Crippen LogP contribution in [-0.2, 0) is 10.0 Å². The van der Waals surface area contributed by atoms with E-state index in [4.69, 9.17) is 0 Å². The van der Waals surface area contributed by atoms with Gasteiger partial charge in [-0.25, -0.2) is 13.1 Å². The van der Waals surface area contributed by atoms with Crippen LogP contribution in [0, 0.1) is 6.92 Å². The number of sulfonamides is 1. The van der Waals surface area contributed by atoms with Gasteiger partial charge in [0.1, 0.15) is 0 Å². The van der Waals surface area contributed by atoms with E-state index in [0.717, 1.165) is 11.3 Å². The van der Waals surface area contributed by atoms with E-state index in [1.165, 1.54) is 24.3 Å². The average Bonchev–Trinajstić information content (AvgIpc) is 2.48. The number of para-hydroxylation sites is 1. The molecule has 1 amide bonds. The van der Waals surface area contributed by atoms with Crippen molar-refractivity contribution in [2.75, 3.05) is 5.32 Å². The largest absolute Gasteiger partial charge is 0.322 e. The summed E-state index contributed by atoms with van der Waals surface area (Å²) in [5.41, 5.74) is 2.09. The van der Waals surface area contributed by atoms with Crippen LogP contribution in [0.5, 0.6) is 0 Å². The zero-order valence-corrected chi connectivity index (χ0v) is 14.1. The van der Waals surface area contributed by atoms with Crippen molar-refractivity contribution < 1.29 is 13.2 Å². The third-order valence-electron chi connectivity index (χ3n) is 3.21. The van der Waals surface area contributed by atoms with Gasteiger partial charge in [0, 0.05) is 17.3 Å². The summed E-state index contributed by atoms with van der Waals surface area (Å²) in [5, 5.41) is 2.81. The SMILES string of the molecule is Cc1ccccc1NC(=O)c1ccc(S(=O)(=O)NC(C)C)cc1. The fourth-order valence-electron chi connectivity index (χ4n) is 2.07. The van der Waals surface area contributed by atoms with Crippen molar-refractivity contribution in [1.82, 2.24) is 4.72 Å². The van der Waals surface area contributed by atoms with E-state index < -0.39 is 10.0 Å². The number of carbonyl (C=O) groups excluding carboxylic acids is 1. The summed E-state index contributed by atoms with van der Waals surface area (Å²) in [4.78, 5) is 12.4. The summed E-state index contributed by atoms with van der Waals surface area (Å²) >= 11 is 0. The van der Waals surface area contributed by atoms with Crippen LogP contribution in [0.3, 0.4) is 0 Å². The Morgan fingerprint density at radius 2 is 1.61 bits per heavy atom. The summed E-state index contributed by atoms with van der Waals surface area (Å²) in [5.74, 6) is -0.278. The van der Waals surface area contributed by atoms with E-state index in [1.54, 1.807) is 13.8 Å². The summed E-state index contributed by atoms with van der Waals surface area (Å²) in [7, 11) is -3.55. The highest BCUT2D eigenvalue weighted by Gasteiger charge is 2.16. The molecule has 0 heterocycles. The number of amides is 1. The molecule has 0 unspecified atom stereocenters. The molecule has 122 valence electrons. The maximum absolute atomic E-state index is 12.2. The van der Waals surface area contributed by atoms with Crippen LogP contribution < -0.4 is 10.0 Å². The normalized spacial score (nSPS) is 11.5. The fourth-order valence-corrected chi connectivity index (χ4v) is 3.32. The third-order valence-corrected chi connectivity index (χ3v) is 4.89. The van der Waals surface area contributed by atoms with Crippen molar-refractivity contribution in [3.8, 4) is 0 Å². The number of nitrogens with one attached hydrogen (secondary N) is 2. The lowest BCUT2D eigenvalue weighted by Gasteiger charge is -2.11. The predicted octanol–water partition coefficient (Wildman–Crippen LogP) is 2.93. The van der Waals surface area contributed by atoms with Crippen molar-refractivity contribution in [3.05, 3.63) is 59.7 Å². The zero-order chi connectivity index (χ0) is 17.0. The first-order valence-electron chi connectivity index (χ1n) is 7.29. The minimum absolute atomic E-state index is 0.138. The molecule has 23 heavy (non-hydrogen) atoms. The minimum atomic E-state index is -3.55. The number of anilines is 1. The monoisotopic (exact) mass is 332 g/mol. The Labute approximate surface area is 136 Å². The molecular weight excluding hydrogens is 312 g/mol. The summed E-state index contributed by atoms with van der Waals surface area (Å²) in [6.07, 6.45) is 0. The van der Waals surface area contributed by atoms with Crippen LogP contribution in [-0.4, -0.2) is 20.4 Å². The highest BCUT2D eigenvalue weighted by molar-refractivity contribution is 7.89. The van der Waals surface area contributed by atoms with E-state index >= 15 is 0 Å². The summed E-state index contributed by atoms with van der Waals surface area (Å²) in [6.45, 7) is 5.41. The van der Waals surface area contributed by atoms with Gasteiger partial charge in [0.15, 0.2) is 0 Å². The summed E-state index contributed by atoms with van der Waals surface area (Å²) < 4.78 is 26.6. The van der Waals surface area contributed by atoms with Crippen LogP contribution in [0.15, 0.2) is 53.4 Å². The first-order chi connectivity index (χ1) is 10.8. The van der Waals surface area contributed by atoms with E-state index in [9.17, 15) is 13.2 Å². The Kier molecular flexibility index (Phi) is 5.18. The molecule has 0 aliphatic heterocycles. The second kappa shape index (κ2) is 6.93. The van der Waals surface area contributed by atoms with Gasteiger partial charge in [0.05, 0.1) is 4.90 Å². The van der Waals surface area contributed by atoms with Gasteiger partial charge < -0.3 is 5.32 Å². The first-order valence-corrected chi connectivity index (χ1v) is 8.77. The zero-order valence-electron chi connectivity index (χ0n) is 13.3. The highest BCUT2D eigenvalue weighted by Crippen LogP contribution is 2.16. The van der Waals surface area contributed by atoms with Gasteiger partial charge in [-0.3, -0.25) is 4.79 Å². The lowest BCUT2D eigenvalue weighted by Crippen LogP contribution is -2.30. The lowest BCUT2D eigenvalue weighted by atomic mass is 10.1. The molecular formula is C17H20N2O3S. The second-order valence-electron chi connectivity index (χ2n) is 5.57. The highest BCUT2D eigenvalue weighted by atomic mass is 32.2. The van der Waals surface area contributed by atoms with E-state index in [-0.39, 0.29) is 16.8 Å². The van der Waals surface area contributed by atoms with E-state index in [0.29, 0.717) is 5.56 Å². The van der Waals surface area contributed by atoms with Gasteiger partial charge in [-0.2, -0.15) is 0 Å². The molecule has 0 atom stereocenters. The van der Waals surface area contributed by atoms with Crippen molar-refractivity contribution in [3.63, 3.8) is 0 Å². The summed E-state index contributed by atoms with van der Waals surface area (Å²) in [6, 6.07) is 13.1. The fraction of sp³-hybridized carbons (Fsp3) is 0.235. The van der Waals surface area contributed by atoms with Crippen molar-refractivity contribution in [2.24, 2.45) is 0 Å². The molecule has 2 aromatic rings. The van der Waals surface area contributed by atoms with Crippen LogP contribution in [0.4, 0.5) is 5.69 Å². The van der Waals surface area contributed by atoms with Crippen LogP contribution >= 0.6 is 0 Å². The van der Waals surface area contributed by atoms with E-state index in [2.05, 4.69) is 10.0 Å². The number of rotatable bonds is 5. The molecule has 0 aromatic heterocycles. The van der Waals surface area contributed by atoms with E-state index in [1.807, 2.05) is 31.2 Å². The second-order valence-corrected chi connectivity index (χ2v) is 7.28. The molecule has 0 bridgehead atoms. The molecule has 2 aromatic carbocycles. The molecule has 0 aliphatic carbocycles. The molecule has 0 aliphatic rings. The van der Waals surface area contributed by atoms with Crippen LogP contribution in [0.2, 0.25) is 0 Å². The van der Waals surface area contributed by atoms with Gasteiger partial charge in [0.25, 0.3) is 5.91 Å². The maximum Gasteiger partial charge on any atom is 0.255 e. The van der Waals surface area contributed by atoms with Crippen molar-refractivity contribution >= 4 is 21.6 Å². The molecule has 6 heteroatoms. The molecule has 0 fully saturated rings. The molecule has 0 saturated carbocycles. The van der Waals surface area contributed by atoms with Crippen molar-refractivity contribution in [2.45, 2.75) is 31.7 Å². The van der Waals surface area contributed by atoms with Crippen LogP contribution in [0.1, 0.15) is 29.8 Å². The maximum atomic E-state index is 12.2. The van der Waals surface area contributed by atoms with Crippen molar-refractivity contribution in [1.29, 1.82) is 0 Å².